The molecule has 1 saturated heterocycles. The van der Waals surface area contributed by atoms with Gasteiger partial charge in [0, 0.05) is 32.2 Å². The molecule has 1 aliphatic heterocycles. The first-order chi connectivity index (χ1) is 11.2. The van der Waals surface area contributed by atoms with Gasteiger partial charge >= 0.3 is 0 Å². The summed E-state index contributed by atoms with van der Waals surface area (Å²) < 4.78 is 0. The molecular formula is C19H31N3O. The second-order valence-corrected chi connectivity index (χ2v) is 6.73. The number of para-hydroxylation sites is 1. The first-order valence-corrected chi connectivity index (χ1v) is 8.90. The minimum absolute atomic E-state index is 0.207. The second kappa shape index (κ2) is 9.56. The van der Waals surface area contributed by atoms with Gasteiger partial charge in [-0.2, -0.15) is 0 Å². The number of hydrogen-bond donors (Lipinski definition) is 2. The van der Waals surface area contributed by atoms with Crippen molar-refractivity contribution in [3.63, 3.8) is 0 Å². The molecule has 128 valence electrons. The molecule has 0 aromatic heterocycles. The van der Waals surface area contributed by atoms with Crippen LogP contribution in [0, 0.1) is 11.8 Å². The molecule has 0 spiro atoms. The van der Waals surface area contributed by atoms with E-state index in [2.05, 4.69) is 53.8 Å². The van der Waals surface area contributed by atoms with Gasteiger partial charge in [-0.15, -0.1) is 0 Å². The van der Waals surface area contributed by atoms with Crippen LogP contribution in [-0.2, 0) is 4.79 Å². The Morgan fingerprint density at radius 2 is 2.00 bits per heavy atom. The molecule has 0 aliphatic carbocycles. The molecule has 2 N–H and O–H groups in total. The molecule has 4 nitrogen and oxygen atoms in total. The zero-order valence-corrected chi connectivity index (χ0v) is 14.6. The SMILES string of the molecule is CC(CC(=O)NCCCN(C)c1ccccc1)C1CCNCC1. The lowest BCUT2D eigenvalue weighted by Gasteiger charge is -2.27. The lowest BCUT2D eigenvalue weighted by atomic mass is 9.84. The molecule has 1 atom stereocenters. The fourth-order valence-corrected chi connectivity index (χ4v) is 3.30. The number of anilines is 1. The van der Waals surface area contributed by atoms with E-state index in [9.17, 15) is 4.79 Å². The maximum Gasteiger partial charge on any atom is 0.220 e. The monoisotopic (exact) mass is 317 g/mol. The highest BCUT2D eigenvalue weighted by Crippen LogP contribution is 2.24. The Morgan fingerprint density at radius 1 is 1.30 bits per heavy atom. The van der Waals surface area contributed by atoms with E-state index in [1.54, 1.807) is 0 Å². The molecule has 1 unspecified atom stereocenters. The number of nitrogens with zero attached hydrogens (tertiary/aromatic N) is 1. The molecular weight excluding hydrogens is 286 g/mol. The lowest BCUT2D eigenvalue weighted by Crippen LogP contribution is -2.34. The smallest absolute Gasteiger partial charge is 0.220 e. The van der Waals surface area contributed by atoms with Crippen LogP contribution in [0.2, 0.25) is 0 Å². The first-order valence-electron chi connectivity index (χ1n) is 8.90. The number of benzene rings is 1. The van der Waals surface area contributed by atoms with Crippen LogP contribution < -0.4 is 15.5 Å². The highest BCUT2D eigenvalue weighted by Gasteiger charge is 2.21. The molecule has 0 radical (unpaired) electrons. The zero-order valence-electron chi connectivity index (χ0n) is 14.6. The van der Waals surface area contributed by atoms with Crippen molar-refractivity contribution < 1.29 is 4.79 Å². The number of piperidine rings is 1. The fourth-order valence-electron chi connectivity index (χ4n) is 3.30. The Hall–Kier alpha value is -1.55. The van der Waals surface area contributed by atoms with E-state index in [0.29, 0.717) is 18.3 Å². The van der Waals surface area contributed by atoms with Crippen LogP contribution >= 0.6 is 0 Å². The van der Waals surface area contributed by atoms with Crippen molar-refractivity contribution in [2.45, 2.75) is 32.6 Å². The third-order valence-corrected chi connectivity index (χ3v) is 4.89. The van der Waals surface area contributed by atoms with E-state index in [1.165, 1.54) is 18.5 Å². The van der Waals surface area contributed by atoms with Gasteiger partial charge in [0.15, 0.2) is 0 Å². The van der Waals surface area contributed by atoms with Crippen LogP contribution in [-0.4, -0.2) is 39.1 Å². The van der Waals surface area contributed by atoms with Gasteiger partial charge in [0.25, 0.3) is 0 Å². The average Bonchev–Trinajstić information content (AvgIpc) is 2.60. The molecule has 0 saturated carbocycles. The highest BCUT2D eigenvalue weighted by molar-refractivity contribution is 5.76. The third kappa shape index (κ3) is 6.22. The number of amides is 1. The third-order valence-electron chi connectivity index (χ3n) is 4.89. The van der Waals surface area contributed by atoms with Crippen LogP contribution in [0.15, 0.2) is 30.3 Å². The minimum Gasteiger partial charge on any atom is -0.375 e. The summed E-state index contributed by atoms with van der Waals surface area (Å²) in [6.45, 7) is 6.13. The summed E-state index contributed by atoms with van der Waals surface area (Å²) in [7, 11) is 2.09. The Balaban J connectivity index is 1.59. The number of hydrogen-bond acceptors (Lipinski definition) is 3. The average molecular weight is 317 g/mol. The summed E-state index contributed by atoms with van der Waals surface area (Å²) in [5, 5.41) is 6.46. The maximum absolute atomic E-state index is 12.1. The Morgan fingerprint density at radius 3 is 2.70 bits per heavy atom. The quantitative estimate of drug-likeness (QED) is 0.725. The molecule has 0 bridgehead atoms. The summed E-state index contributed by atoms with van der Waals surface area (Å²) in [6.07, 6.45) is 4.05. The molecule has 1 aromatic rings. The number of carbonyl (C=O) groups excluding carboxylic acids is 1. The van der Waals surface area contributed by atoms with Crippen molar-refractivity contribution in [2.75, 3.05) is 38.1 Å². The normalized spacial score (nSPS) is 16.8. The van der Waals surface area contributed by atoms with Crippen LogP contribution in [0.25, 0.3) is 0 Å². The van der Waals surface area contributed by atoms with Gasteiger partial charge < -0.3 is 15.5 Å². The van der Waals surface area contributed by atoms with Gasteiger partial charge in [0.1, 0.15) is 0 Å². The van der Waals surface area contributed by atoms with Crippen molar-refractivity contribution in [3.05, 3.63) is 30.3 Å². The topological polar surface area (TPSA) is 44.4 Å². The number of nitrogens with one attached hydrogen (secondary N) is 2. The van der Waals surface area contributed by atoms with E-state index < -0.39 is 0 Å². The summed E-state index contributed by atoms with van der Waals surface area (Å²) in [4.78, 5) is 14.3. The van der Waals surface area contributed by atoms with Crippen molar-refractivity contribution in [1.82, 2.24) is 10.6 Å². The van der Waals surface area contributed by atoms with E-state index in [1.807, 2.05) is 6.07 Å². The summed E-state index contributed by atoms with van der Waals surface area (Å²) >= 11 is 0. The molecule has 2 rings (SSSR count). The van der Waals surface area contributed by atoms with Gasteiger partial charge in [-0.1, -0.05) is 25.1 Å². The van der Waals surface area contributed by atoms with Crippen molar-refractivity contribution in [3.8, 4) is 0 Å². The number of rotatable bonds is 8. The Labute approximate surface area is 140 Å². The summed E-state index contributed by atoms with van der Waals surface area (Å²) in [5.41, 5.74) is 1.22. The lowest BCUT2D eigenvalue weighted by molar-refractivity contribution is -0.122. The Kier molecular flexibility index (Phi) is 7.40. The van der Waals surface area contributed by atoms with Crippen LogP contribution in [0.3, 0.4) is 0 Å². The van der Waals surface area contributed by atoms with Crippen molar-refractivity contribution in [2.24, 2.45) is 11.8 Å². The van der Waals surface area contributed by atoms with Crippen molar-refractivity contribution in [1.29, 1.82) is 0 Å². The molecule has 1 aromatic carbocycles. The van der Waals surface area contributed by atoms with Gasteiger partial charge in [-0.25, -0.2) is 0 Å². The van der Waals surface area contributed by atoms with Gasteiger partial charge in [-0.05, 0) is 56.3 Å². The summed E-state index contributed by atoms with van der Waals surface area (Å²) in [5.74, 6) is 1.40. The molecule has 23 heavy (non-hydrogen) atoms. The molecule has 1 fully saturated rings. The second-order valence-electron chi connectivity index (χ2n) is 6.73. The van der Waals surface area contributed by atoms with Gasteiger partial charge in [0.2, 0.25) is 5.91 Å². The predicted octanol–water partition coefficient (Wildman–Crippen LogP) is 2.65. The van der Waals surface area contributed by atoms with Crippen LogP contribution in [0.1, 0.15) is 32.6 Å². The number of carbonyl (C=O) groups is 1. The standard InChI is InChI=1S/C19H31N3O/c1-16(17-9-12-20-13-10-17)15-19(23)21-11-6-14-22(2)18-7-4-3-5-8-18/h3-5,7-8,16-17,20H,6,9-15H2,1-2H3,(H,21,23). The predicted molar refractivity (Wildman–Crippen MR) is 96.7 cm³/mol. The fraction of sp³-hybridized carbons (Fsp3) is 0.632. The summed E-state index contributed by atoms with van der Waals surface area (Å²) in [6, 6.07) is 10.4. The molecule has 4 heteroatoms. The Bertz CT molecular complexity index is 457. The largest absolute Gasteiger partial charge is 0.375 e. The molecule has 1 amide bonds. The van der Waals surface area contributed by atoms with Gasteiger partial charge in [-0.3, -0.25) is 4.79 Å². The van der Waals surface area contributed by atoms with Crippen LogP contribution in [0.5, 0.6) is 0 Å². The van der Waals surface area contributed by atoms with E-state index >= 15 is 0 Å². The van der Waals surface area contributed by atoms with E-state index in [4.69, 9.17) is 0 Å². The minimum atomic E-state index is 0.207. The molecule has 1 aliphatic rings. The first kappa shape index (κ1) is 17.8. The van der Waals surface area contributed by atoms with Crippen LogP contribution in [0.4, 0.5) is 5.69 Å². The van der Waals surface area contributed by atoms with Crippen molar-refractivity contribution >= 4 is 11.6 Å². The highest BCUT2D eigenvalue weighted by atomic mass is 16.1. The zero-order chi connectivity index (χ0) is 16.5. The maximum atomic E-state index is 12.1. The van der Waals surface area contributed by atoms with E-state index in [-0.39, 0.29) is 5.91 Å². The van der Waals surface area contributed by atoms with E-state index in [0.717, 1.165) is 32.6 Å². The molecule has 1 heterocycles. The van der Waals surface area contributed by atoms with Gasteiger partial charge in [0.05, 0.1) is 0 Å².